The van der Waals surface area contributed by atoms with Gasteiger partial charge in [0.25, 0.3) is 5.52 Å². The lowest BCUT2D eigenvalue weighted by atomic mass is 9.95. The molecular formula is C83H98N8+4. The van der Waals surface area contributed by atoms with Crippen LogP contribution in [-0.2, 0) is 41.0 Å². The third-order valence-corrected chi connectivity index (χ3v) is 18.4. The van der Waals surface area contributed by atoms with Crippen molar-refractivity contribution in [3.63, 3.8) is 0 Å². The van der Waals surface area contributed by atoms with Crippen LogP contribution in [0.25, 0.3) is 89.2 Å². The molecule has 0 saturated carbocycles. The summed E-state index contributed by atoms with van der Waals surface area (Å²) in [6, 6.07) is 50.8. The molecule has 0 amide bonds. The van der Waals surface area contributed by atoms with Crippen molar-refractivity contribution in [3.8, 4) is 45.0 Å². The molecule has 5 aromatic carbocycles. The third-order valence-electron chi connectivity index (χ3n) is 18.4. The van der Waals surface area contributed by atoms with E-state index in [4.69, 9.17) is 9.97 Å². The molecule has 0 bridgehead atoms. The van der Waals surface area contributed by atoms with Crippen LogP contribution in [0.2, 0.25) is 0 Å². The smallest absolute Gasteiger partial charge is 0.231 e. The van der Waals surface area contributed by atoms with E-state index < -0.39 is 0 Å². The van der Waals surface area contributed by atoms with Crippen LogP contribution < -0.4 is 18.3 Å². The van der Waals surface area contributed by atoms with Crippen molar-refractivity contribution >= 4 is 44.1 Å². The van der Waals surface area contributed by atoms with Crippen molar-refractivity contribution < 1.29 is 18.3 Å². The molecule has 7 heterocycles. The molecule has 0 unspecified atom stereocenters. The molecule has 0 atom stereocenters. The highest BCUT2D eigenvalue weighted by atomic mass is 15.0. The van der Waals surface area contributed by atoms with Gasteiger partial charge in [-0.05, 0) is 246 Å². The quantitative estimate of drug-likeness (QED) is 0.135. The van der Waals surface area contributed by atoms with Crippen LogP contribution in [0.3, 0.4) is 0 Å². The van der Waals surface area contributed by atoms with Crippen LogP contribution in [0.15, 0.2) is 152 Å². The van der Waals surface area contributed by atoms with Gasteiger partial charge in [-0.25, -0.2) is 19.1 Å². The summed E-state index contributed by atoms with van der Waals surface area (Å²) in [6.07, 6.45) is 5.83. The van der Waals surface area contributed by atoms with Gasteiger partial charge in [0.05, 0.1) is 30.4 Å². The molecule has 0 aliphatic rings. The van der Waals surface area contributed by atoms with Crippen LogP contribution in [0.1, 0.15) is 131 Å². The maximum Gasteiger partial charge on any atom is 0.330 e. The van der Waals surface area contributed by atoms with Gasteiger partial charge in [-0.15, -0.1) is 0 Å². The minimum absolute atomic E-state index is 0.436. The second-order valence-corrected chi connectivity index (χ2v) is 27.0. The Hall–Kier alpha value is -8.88. The Morgan fingerprint density at radius 1 is 0.374 bits per heavy atom. The fraction of sp³-hybridized carbons (Fsp3) is 0.325. The van der Waals surface area contributed by atoms with Gasteiger partial charge in [-0.2, -0.15) is 9.13 Å². The summed E-state index contributed by atoms with van der Waals surface area (Å²) >= 11 is 0. The fourth-order valence-electron chi connectivity index (χ4n) is 12.9. The molecule has 91 heavy (non-hydrogen) atoms. The Balaban J connectivity index is 0.000000144. The molecule has 7 aromatic heterocycles. The van der Waals surface area contributed by atoms with Crippen LogP contribution in [-0.4, -0.2) is 19.9 Å². The first-order valence-electron chi connectivity index (χ1n) is 32.6. The molecule has 0 radical (unpaired) electrons. The molecular weight excluding hydrogens is 1110 g/mol. The normalized spacial score (nSPS) is 11.4. The average Bonchev–Trinajstić information content (AvgIpc) is 0.917. The van der Waals surface area contributed by atoms with E-state index in [1.165, 1.54) is 139 Å². The maximum absolute atomic E-state index is 4.94. The Kier molecular flexibility index (Phi) is 20.5. The average molecular weight is 1210 g/mol. The predicted molar refractivity (Wildman–Crippen MR) is 381 cm³/mol. The van der Waals surface area contributed by atoms with E-state index >= 15 is 0 Å². The highest BCUT2D eigenvalue weighted by molar-refractivity contribution is 5.82. The van der Waals surface area contributed by atoms with Crippen LogP contribution in [0.5, 0.6) is 0 Å². The Bertz CT molecular complexity index is 4630. The summed E-state index contributed by atoms with van der Waals surface area (Å²) in [4.78, 5) is 18.6. The van der Waals surface area contributed by atoms with Crippen molar-refractivity contribution in [1.82, 2.24) is 19.9 Å². The summed E-state index contributed by atoms with van der Waals surface area (Å²) in [5.41, 5.74) is 34.9. The largest absolute Gasteiger partial charge is 0.330 e. The minimum atomic E-state index is 0.436. The summed E-state index contributed by atoms with van der Waals surface area (Å²) < 4.78 is 8.97. The predicted octanol–water partition coefficient (Wildman–Crippen LogP) is 18.1. The first-order valence-corrected chi connectivity index (χ1v) is 32.6. The zero-order valence-corrected chi connectivity index (χ0v) is 58.7. The van der Waals surface area contributed by atoms with Gasteiger partial charge in [-0.1, -0.05) is 100 Å². The van der Waals surface area contributed by atoms with E-state index in [2.05, 4.69) is 315 Å². The molecule has 0 N–H and O–H groups in total. The number of aromatic nitrogens is 8. The van der Waals surface area contributed by atoms with E-state index in [0.717, 1.165) is 46.7 Å². The molecule has 8 heteroatoms. The number of pyridine rings is 6. The van der Waals surface area contributed by atoms with E-state index in [0.29, 0.717) is 17.8 Å². The lowest BCUT2D eigenvalue weighted by molar-refractivity contribution is -0.635. The molecule has 466 valence electrons. The Morgan fingerprint density at radius 2 is 0.791 bits per heavy atom. The van der Waals surface area contributed by atoms with Gasteiger partial charge in [0, 0.05) is 58.8 Å². The van der Waals surface area contributed by atoms with Crippen LogP contribution in [0.4, 0.5) is 0 Å². The number of nitrogens with zero attached hydrogens (tertiary/aromatic N) is 8. The lowest BCUT2D eigenvalue weighted by Crippen LogP contribution is -2.33. The second kappa shape index (κ2) is 28.1. The van der Waals surface area contributed by atoms with Gasteiger partial charge in [0.1, 0.15) is 31.7 Å². The van der Waals surface area contributed by atoms with Crippen molar-refractivity contribution in [1.29, 1.82) is 0 Å². The van der Waals surface area contributed by atoms with Gasteiger partial charge in [0.15, 0.2) is 11.4 Å². The zero-order chi connectivity index (χ0) is 65.9. The van der Waals surface area contributed by atoms with E-state index in [1.54, 1.807) is 6.20 Å². The lowest BCUT2D eigenvalue weighted by Gasteiger charge is -2.12. The fourth-order valence-corrected chi connectivity index (χ4v) is 12.9. The number of aryl methyl sites for hydroxylation is 12. The van der Waals surface area contributed by atoms with Gasteiger partial charge in [0.2, 0.25) is 22.6 Å². The molecule has 0 fully saturated rings. The summed E-state index contributed by atoms with van der Waals surface area (Å²) in [7, 11) is 8.50. The molecule has 12 aromatic rings. The molecule has 8 nitrogen and oxygen atoms in total. The van der Waals surface area contributed by atoms with Crippen LogP contribution in [0, 0.1) is 94.9 Å². The molecule has 0 saturated heterocycles. The number of fused-ring (bicyclic) bond motifs is 4. The summed E-state index contributed by atoms with van der Waals surface area (Å²) in [5, 5.41) is 3.75. The highest BCUT2D eigenvalue weighted by Crippen LogP contribution is 2.31. The molecule has 0 aliphatic heterocycles. The number of rotatable bonds is 9. The van der Waals surface area contributed by atoms with Crippen molar-refractivity contribution in [3.05, 3.63) is 236 Å². The Morgan fingerprint density at radius 3 is 1.27 bits per heavy atom. The molecule has 12 rings (SSSR count). The Labute approximate surface area is 543 Å². The molecule has 0 spiro atoms. The summed E-state index contributed by atoms with van der Waals surface area (Å²) in [6.45, 7) is 39.6. The zero-order valence-electron chi connectivity index (χ0n) is 58.7. The second-order valence-electron chi connectivity index (χ2n) is 27.0. The van der Waals surface area contributed by atoms with Crippen molar-refractivity contribution in [2.24, 2.45) is 40.0 Å². The first kappa shape index (κ1) is 66.5. The number of hydrogen-bond donors (Lipinski definition) is 0. The number of benzene rings is 5. The minimum Gasteiger partial charge on any atom is -0.231 e. The van der Waals surface area contributed by atoms with E-state index in [1.807, 2.05) is 12.3 Å². The first-order chi connectivity index (χ1) is 43.2. The van der Waals surface area contributed by atoms with Crippen LogP contribution >= 0.6 is 0 Å². The van der Waals surface area contributed by atoms with Gasteiger partial charge in [-0.3, -0.25) is 0 Å². The highest BCUT2D eigenvalue weighted by Gasteiger charge is 2.23. The van der Waals surface area contributed by atoms with Gasteiger partial charge >= 0.3 is 11.3 Å². The maximum atomic E-state index is 4.94. The third kappa shape index (κ3) is 14.7. The van der Waals surface area contributed by atoms with Gasteiger partial charge < -0.3 is 0 Å². The summed E-state index contributed by atoms with van der Waals surface area (Å²) in [5.74, 6) is 1.72. The standard InChI is InChI=1S/C23H28N.C22H27N2.C21H25N2.C17H18N3/c1-15(2)12-19-8-7-9-22-20(19)10-11-23(24(22)6)21-14-16(3)13-17(4)18(21)5;1-14(2)11-19-9-7-18-8-10-21(24(6)22(18)23-19)20-13-15(3)12-16(4)17(20)5;1-13(2)19-9-7-17-8-10-20(23(6)21(17)22-19)18-12-14(3)11-15(4)16(18)5;1-11-8-12(2)13(3)14(9-11)16-10-19-17-15(20(16)4)6-5-7-18-17/h7-11,13-15H,12H2,1-6H3;7-10,12-14H,11H2,1-6H3;7-13H,1-6H3;5-10H,1-4H3/q4*+1. The SMILES string of the molecule is Cc1cc(C)c(C)c(-c2ccc3c(CC(C)C)cccc3[n+]2C)c1.Cc1cc(C)c(C)c(-c2ccc3ccc(C(C)C)nc3[n+]2C)c1.Cc1cc(C)c(C)c(-c2ccc3ccc(CC(C)C)nc3[n+]2C)c1.Cc1cc(C)c(C)c(-c2cnc3ncccc3[n+]2C)c1. The number of hydrogen-bond acceptors (Lipinski definition) is 4. The van der Waals surface area contributed by atoms with Crippen molar-refractivity contribution in [2.45, 2.75) is 143 Å². The molecule has 0 aliphatic carbocycles. The van der Waals surface area contributed by atoms with E-state index in [-0.39, 0.29) is 0 Å². The topological polar surface area (TPSA) is 67.1 Å². The van der Waals surface area contributed by atoms with E-state index in [9.17, 15) is 0 Å². The van der Waals surface area contributed by atoms with Crippen molar-refractivity contribution in [2.75, 3.05) is 0 Å². The monoisotopic (exact) mass is 1210 g/mol.